The molecule has 8 heteroatoms. The summed E-state index contributed by atoms with van der Waals surface area (Å²) in [6.45, 7) is 0. The fraction of sp³-hybridized carbons (Fsp3) is 0.143. The van der Waals surface area contributed by atoms with Gasteiger partial charge in [-0.05, 0) is 12.1 Å². The highest BCUT2D eigenvalue weighted by atomic mass is 35.5. The van der Waals surface area contributed by atoms with Gasteiger partial charge in [-0.25, -0.2) is 9.78 Å². The molecule has 0 fully saturated rings. The lowest BCUT2D eigenvalue weighted by atomic mass is 10.3. The number of hydrogen-bond acceptors (Lipinski definition) is 3. The summed E-state index contributed by atoms with van der Waals surface area (Å²) in [6, 6.07) is 1.92. The van der Waals surface area contributed by atoms with Gasteiger partial charge in [0.1, 0.15) is 5.02 Å². The molecule has 0 unspecified atom stereocenters. The van der Waals surface area contributed by atoms with Crippen LogP contribution in [-0.4, -0.2) is 22.4 Å². The van der Waals surface area contributed by atoms with Gasteiger partial charge < -0.3 is 9.84 Å². The third kappa shape index (κ3) is 3.28. The molecule has 0 aliphatic rings. The summed E-state index contributed by atoms with van der Waals surface area (Å²) < 4.78 is 38.8. The minimum Gasteiger partial charge on any atom is -0.477 e. The second kappa shape index (κ2) is 3.93. The highest BCUT2D eigenvalue weighted by Gasteiger charge is 2.33. The number of rotatable bonds is 2. The molecule has 1 heterocycles. The quantitative estimate of drug-likeness (QED) is 0.863. The molecule has 0 aliphatic carbocycles. The highest BCUT2D eigenvalue weighted by molar-refractivity contribution is 6.31. The molecule has 0 atom stereocenters. The number of carbonyl (C=O) groups is 1. The standard InChI is InChI=1S/C7H3ClF3NO3/c8-3-1-2-4(6(13)14)12-5(3)15-7(9,10)11/h1-2H,(H,13,14). The van der Waals surface area contributed by atoms with Crippen LogP contribution in [0.25, 0.3) is 0 Å². The smallest absolute Gasteiger partial charge is 0.477 e. The highest BCUT2D eigenvalue weighted by Crippen LogP contribution is 2.27. The third-order valence-electron chi connectivity index (χ3n) is 1.25. The number of aromatic nitrogens is 1. The van der Waals surface area contributed by atoms with E-state index >= 15 is 0 Å². The Bertz CT molecular complexity index is 394. The van der Waals surface area contributed by atoms with Crippen molar-refractivity contribution in [3.8, 4) is 5.88 Å². The number of alkyl halides is 3. The van der Waals surface area contributed by atoms with Crippen molar-refractivity contribution < 1.29 is 27.8 Å². The van der Waals surface area contributed by atoms with Crippen LogP contribution in [0, 0.1) is 0 Å². The summed E-state index contributed by atoms with van der Waals surface area (Å²) in [5, 5.41) is 8.04. The van der Waals surface area contributed by atoms with E-state index in [0.717, 1.165) is 12.1 Å². The number of hydrogen-bond donors (Lipinski definition) is 1. The zero-order valence-corrected chi connectivity index (χ0v) is 7.63. The average Bonchev–Trinajstić information content (AvgIpc) is 2.06. The van der Waals surface area contributed by atoms with E-state index in [9.17, 15) is 18.0 Å². The SMILES string of the molecule is O=C(O)c1ccc(Cl)c(OC(F)(F)F)n1. The fourth-order valence-corrected chi connectivity index (χ4v) is 0.868. The summed E-state index contributed by atoms with van der Waals surface area (Å²) in [5.41, 5.74) is -0.585. The molecule has 0 bridgehead atoms. The van der Waals surface area contributed by atoms with Crippen LogP contribution >= 0.6 is 11.6 Å². The molecule has 82 valence electrons. The Morgan fingerprint density at radius 3 is 2.53 bits per heavy atom. The van der Waals surface area contributed by atoms with Gasteiger partial charge in [0.25, 0.3) is 0 Å². The first-order valence-corrected chi connectivity index (χ1v) is 3.83. The van der Waals surface area contributed by atoms with Crippen LogP contribution in [0.1, 0.15) is 10.5 Å². The summed E-state index contributed by atoms with van der Waals surface area (Å²) in [7, 11) is 0. The molecule has 1 rings (SSSR count). The second-order valence-electron chi connectivity index (χ2n) is 2.34. The van der Waals surface area contributed by atoms with Crippen molar-refractivity contribution in [2.24, 2.45) is 0 Å². The van der Waals surface area contributed by atoms with Crippen LogP contribution in [0.5, 0.6) is 5.88 Å². The monoisotopic (exact) mass is 241 g/mol. The summed E-state index contributed by atoms with van der Waals surface area (Å²) in [6.07, 6.45) is -4.96. The molecule has 1 aromatic rings. The van der Waals surface area contributed by atoms with Gasteiger partial charge in [-0.2, -0.15) is 0 Å². The fourth-order valence-electron chi connectivity index (χ4n) is 0.724. The van der Waals surface area contributed by atoms with E-state index in [1.807, 2.05) is 0 Å². The first-order valence-electron chi connectivity index (χ1n) is 3.45. The van der Waals surface area contributed by atoms with Gasteiger partial charge in [0.05, 0.1) is 0 Å². The molecule has 0 spiro atoms. The topological polar surface area (TPSA) is 59.4 Å². The Kier molecular flexibility index (Phi) is 3.04. The van der Waals surface area contributed by atoms with Crippen LogP contribution < -0.4 is 4.74 Å². The number of carboxylic acid groups (broad SMARTS) is 1. The maximum absolute atomic E-state index is 11.8. The van der Waals surface area contributed by atoms with E-state index in [1.54, 1.807) is 0 Å². The first-order chi connectivity index (χ1) is 6.79. The van der Waals surface area contributed by atoms with E-state index in [0.29, 0.717) is 0 Å². The van der Waals surface area contributed by atoms with Crippen molar-refractivity contribution in [2.45, 2.75) is 6.36 Å². The molecular formula is C7H3ClF3NO3. The van der Waals surface area contributed by atoms with E-state index in [1.165, 1.54) is 0 Å². The van der Waals surface area contributed by atoms with Crippen molar-refractivity contribution in [3.05, 3.63) is 22.8 Å². The lowest BCUT2D eigenvalue weighted by Gasteiger charge is -2.09. The van der Waals surface area contributed by atoms with Crippen molar-refractivity contribution in [3.63, 3.8) is 0 Å². The van der Waals surface area contributed by atoms with Gasteiger partial charge in [0, 0.05) is 0 Å². The summed E-state index contributed by atoms with van der Waals surface area (Å²) >= 11 is 5.33. The summed E-state index contributed by atoms with van der Waals surface area (Å²) in [4.78, 5) is 13.5. The lowest BCUT2D eigenvalue weighted by molar-refractivity contribution is -0.276. The first kappa shape index (κ1) is 11.6. The van der Waals surface area contributed by atoms with Gasteiger partial charge in [0.2, 0.25) is 5.88 Å². The zero-order valence-electron chi connectivity index (χ0n) is 6.88. The zero-order chi connectivity index (χ0) is 11.6. The maximum Gasteiger partial charge on any atom is 0.574 e. The van der Waals surface area contributed by atoms with Gasteiger partial charge >= 0.3 is 12.3 Å². The van der Waals surface area contributed by atoms with Gasteiger partial charge in [-0.3, -0.25) is 0 Å². The number of halogens is 4. The Morgan fingerprint density at radius 2 is 2.07 bits per heavy atom. The van der Waals surface area contributed by atoms with Crippen LogP contribution in [0.3, 0.4) is 0 Å². The molecule has 1 aromatic heterocycles. The Hall–Kier alpha value is -1.50. The largest absolute Gasteiger partial charge is 0.574 e. The minimum atomic E-state index is -4.96. The molecule has 0 aromatic carbocycles. The second-order valence-corrected chi connectivity index (χ2v) is 2.74. The van der Waals surface area contributed by atoms with Crippen molar-refractivity contribution in [2.75, 3.05) is 0 Å². The van der Waals surface area contributed by atoms with Crippen LogP contribution in [0.4, 0.5) is 13.2 Å². The van der Waals surface area contributed by atoms with Crippen molar-refractivity contribution >= 4 is 17.6 Å². The minimum absolute atomic E-state index is 0.419. The van der Waals surface area contributed by atoms with Gasteiger partial charge in [-0.15, -0.1) is 13.2 Å². The molecule has 1 N–H and O–H groups in total. The molecule has 0 saturated carbocycles. The molecule has 15 heavy (non-hydrogen) atoms. The van der Waals surface area contributed by atoms with Gasteiger partial charge in [0.15, 0.2) is 5.69 Å². The number of pyridine rings is 1. The van der Waals surface area contributed by atoms with Crippen molar-refractivity contribution in [1.29, 1.82) is 0 Å². The average molecular weight is 242 g/mol. The number of nitrogens with zero attached hydrogens (tertiary/aromatic N) is 1. The van der Waals surface area contributed by atoms with Gasteiger partial charge in [-0.1, -0.05) is 11.6 Å². The molecule has 0 aliphatic heterocycles. The molecule has 4 nitrogen and oxygen atoms in total. The Balaban J connectivity index is 3.06. The number of aromatic carboxylic acids is 1. The Morgan fingerprint density at radius 1 is 1.47 bits per heavy atom. The van der Waals surface area contributed by atoms with E-state index in [2.05, 4.69) is 9.72 Å². The number of ether oxygens (including phenoxy) is 1. The van der Waals surface area contributed by atoms with Crippen LogP contribution in [-0.2, 0) is 0 Å². The third-order valence-corrected chi connectivity index (χ3v) is 1.53. The predicted molar refractivity (Wildman–Crippen MR) is 42.9 cm³/mol. The molecule has 0 amide bonds. The summed E-state index contributed by atoms with van der Waals surface area (Å²) in [5.74, 6) is -2.46. The molecule has 0 saturated heterocycles. The Labute approximate surface area is 86.3 Å². The predicted octanol–water partition coefficient (Wildman–Crippen LogP) is 2.33. The van der Waals surface area contributed by atoms with E-state index in [-0.39, 0.29) is 0 Å². The lowest BCUT2D eigenvalue weighted by Crippen LogP contribution is -2.19. The van der Waals surface area contributed by atoms with E-state index < -0.39 is 28.9 Å². The van der Waals surface area contributed by atoms with Crippen LogP contribution in [0.15, 0.2) is 12.1 Å². The molecule has 0 radical (unpaired) electrons. The van der Waals surface area contributed by atoms with E-state index in [4.69, 9.17) is 16.7 Å². The molecular weight excluding hydrogens is 239 g/mol. The van der Waals surface area contributed by atoms with Crippen molar-refractivity contribution in [1.82, 2.24) is 4.98 Å². The maximum atomic E-state index is 11.8. The number of carboxylic acids is 1. The van der Waals surface area contributed by atoms with Crippen LogP contribution in [0.2, 0.25) is 5.02 Å². The normalized spacial score (nSPS) is 11.2.